The average Bonchev–Trinajstić information content (AvgIpc) is 2.66. The molecule has 2 rings (SSSR count). The summed E-state index contributed by atoms with van der Waals surface area (Å²) in [6.45, 7) is -0.265. The Labute approximate surface area is 125 Å². The van der Waals surface area contributed by atoms with Crippen molar-refractivity contribution in [1.29, 1.82) is 0 Å². The molecule has 1 fully saturated rings. The number of likely N-dealkylation sites (tertiary alicyclic amines) is 1. The quantitative estimate of drug-likeness (QED) is 0.843. The van der Waals surface area contributed by atoms with Crippen LogP contribution in [0.3, 0.4) is 0 Å². The number of benzene rings is 1. The largest absolute Gasteiger partial charge is 0.416 e. The second kappa shape index (κ2) is 5.86. The van der Waals surface area contributed by atoms with Crippen molar-refractivity contribution in [3.63, 3.8) is 0 Å². The molecule has 0 aliphatic carbocycles. The molecule has 0 unspecified atom stereocenters. The number of carbonyl (C=O) groups excluding carboxylic acids is 1. The zero-order valence-electron chi connectivity index (χ0n) is 11.3. The SMILES string of the molecule is NS(=O)(=O)N[C@@H]1CC(=O)N(Cc2ccccc2C(F)(F)F)C1. The van der Waals surface area contributed by atoms with E-state index in [1.807, 2.05) is 0 Å². The lowest BCUT2D eigenvalue weighted by Crippen LogP contribution is -2.40. The van der Waals surface area contributed by atoms with Gasteiger partial charge in [0, 0.05) is 25.6 Å². The van der Waals surface area contributed by atoms with Gasteiger partial charge >= 0.3 is 6.18 Å². The van der Waals surface area contributed by atoms with Crippen LogP contribution in [-0.4, -0.2) is 31.8 Å². The third kappa shape index (κ3) is 4.18. The third-order valence-corrected chi connectivity index (χ3v) is 3.89. The number of halogens is 3. The summed E-state index contributed by atoms with van der Waals surface area (Å²) < 4.78 is 62.7. The second-order valence-corrected chi connectivity index (χ2v) is 6.32. The normalized spacial score (nSPS) is 19.7. The van der Waals surface area contributed by atoms with Gasteiger partial charge in [-0.3, -0.25) is 4.79 Å². The highest BCUT2D eigenvalue weighted by Gasteiger charge is 2.36. The van der Waals surface area contributed by atoms with Gasteiger partial charge < -0.3 is 4.90 Å². The minimum absolute atomic E-state index is 0.0263. The van der Waals surface area contributed by atoms with E-state index in [0.717, 1.165) is 6.07 Å². The minimum Gasteiger partial charge on any atom is -0.337 e. The van der Waals surface area contributed by atoms with E-state index in [4.69, 9.17) is 5.14 Å². The van der Waals surface area contributed by atoms with Gasteiger partial charge in [0.1, 0.15) is 0 Å². The maximum Gasteiger partial charge on any atom is 0.416 e. The summed E-state index contributed by atoms with van der Waals surface area (Å²) in [5.74, 6) is -0.432. The number of hydrogen-bond donors (Lipinski definition) is 2. The van der Waals surface area contributed by atoms with Crippen molar-refractivity contribution >= 4 is 16.1 Å². The summed E-state index contributed by atoms with van der Waals surface area (Å²) in [6, 6.07) is 4.21. The molecule has 1 aromatic carbocycles. The molecule has 0 aromatic heterocycles. The molecule has 0 radical (unpaired) electrons. The molecule has 1 saturated heterocycles. The lowest BCUT2D eigenvalue weighted by atomic mass is 10.1. The van der Waals surface area contributed by atoms with Crippen molar-refractivity contribution in [3.8, 4) is 0 Å². The number of rotatable bonds is 4. The predicted octanol–water partition coefficient (Wildman–Crippen LogP) is 0.599. The molecule has 1 aromatic rings. The van der Waals surface area contributed by atoms with Crippen molar-refractivity contribution in [2.24, 2.45) is 5.14 Å². The first-order valence-electron chi connectivity index (χ1n) is 6.29. The third-order valence-electron chi connectivity index (χ3n) is 3.23. The van der Waals surface area contributed by atoms with E-state index in [9.17, 15) is 26.4 Å². The first-order chi connectivity index (χ1) is 10.1. The van der Waals surface area contributed by atoms with E-state index < -0.39 is 33.9 Å². The standard InChI is InChI=1S/C12H14F3N3O3S/c13-12(14,15)10-4-2-1-3-8(10)6-18-7-9(5-11(18)19)17-22(16,20)21/h1-4,9,17H,5-7H2,(H2,16,20,21)/t9-/m1/s1. The van der Waals surface area contributed by atoms with Gasteiger partial charge in [0.15, 0.2) is 0 Å². The number of alkyl halides is 3. The van der Waals surface area contributed by atoms with Gasteiger partial charge in [-0.25, -0.2) is 5.14 Å². The van der Waals surface area contributed by atoms with Crippen molar-refractivity contribution in [2.75, 3.05) is 6.54 Å². The minimum atomic E-state index is -4.52. The molecule has 122 valence electrons. The average molecular weight is 337 g/mol. The van der Waals surface area contributed by atoms with E-state index in [0.29, 0.717) is 0 Å². The molecule has 1 aliphatic rings. The number of nitrogens with one attached hydrogen (secondary N) is 1. The monoisotopic (exact) mass is 337 g/mol. The van der Waals surface area contributed by atoms with Crippen LogP contribution in [0.4, 0.5) is 13.2 Å². The van der Waals surface area contributed by atoms with E-state index in [1.54, 1.807) is 0 Å². The molecule has 0 spiro atoms. The van der Waals surface area contributed by atoms with Crippen LogP contribution in [-0.2, 0) is 27.7 Å². The molecule has 1 heterocycles. The molecule has 6 nitrogen and oxygen atoms in total. The van der Waals surface area contributed by atoms with Crippen LogP contribution in [0.25, 0.3) is 0 Å². The zero-order chi connectivity index (χ0) is 16.5. The summed E-state index contributed by atoms with van der Waals surface area (Å²) >= 11 is 0. The first-order valence-corrected chi connectivity index (χ1v) is 7.84. The van der Waals surface area contributed by atoms with Gasteiger partial charge in [-0.2, -0.15) is 26.3 Å². The predicted molar refractivity (Wildman–Crippen MR) is 71.5 cm³/mol. The number of nitrogens with two attached hydrogens (primary N) is 1. The molecular formula is C12H14F3N3O3S. The number of amides is 1. The van der Waals surface area contributed by atoms with E-state index >= 15 is 0 Å². The van der Waals surface area contributed by atoms with Gasteiger partial charge in [0.05, 0.1) is 5.56 Å². The Kier molecular flexibility index (Phi) is 4.45. The Hall–Kier alpha value is -1.65. The fourth-order valence-electron chi connectivity index (χ4n) is 2.38. The second-order valence-electron chi connectivity index (χ2n) is 4.99. The Morgan fingerprint density at radius 1 is 1.32 bits per heavy atom. The van der Waals surface area contributed by atoms with E-state index in [1.165, 1.54) is 23.1 Å². The number of carbonyl (C=O) groups is 1. The summed E-state index contributed by atoms with van der Waals surface area (Å²) in [4.78, 5) is 13.0. The van der Waals surface area contributed by atoms with Crippen molar-refractivity contribution in [3.05, 3.63) is 35.4 Å². The van der Waals surface area contributed by atoms with Gasteiger partial charge in [0.2, 0.25) is 5.91 Å². The lowest BCUT2D eigenvalue weighted by molar-refractivity contribution is -0.139. The highest BCUT2D eigenvalue weighted by atomic mass is 32.2. The molecule has 1 atom stereocenters. The smallest absolute Gasteiger partial charge is 0.337 e. The topological polar surface area (TPSA) is 92.5 Å². The van der Waals surface area contributed by atoms with Crippen LogP contribution in [0.1, 0.15) is 17.5 Å². The lowest BCUT2D eigenvalue weighted by Gasteiger charge is -2.20. The van der Waals surface area contributed by atoms with E-state index in [2.05, 4.69) is 4.72 Å². The molecule has 22 heavy (non-hydrogen) atoms. The molecule has 0 bridgehead atoms. The first kappa shape index (κ1) is 16.7. The highest BCUT2D eigenvalue weighted by Crippen LogP contribution is 2.32. The molecule has 1 aliphatic heterocycles. The maximum atomic E-state index is 12.9. The molecule has 3 N–H and O–H groups in total. The molecule has 1 amide bonds. The van der Waals surface area contributed by atoms with E-state index in [-0.39, 0.29) is 25.1 Å². The summed E-state index contributed by atoms with van der Waals surface area (Å²) in [5, 5.41) is 4.82. The Bertz CT molecular complexity index is 676. The van der Waals surface area contributed by atoms with Crippen LogP contribution < -0.4 is 9.86 Å². The van der Waals surface area contributed by atoms with Gasteiger partial charge in [-0.1, -0.05) is 18.2 Å². The number of hydrogen-bond acceptors (Lipinski definition) is 3. The van der Waals surface area contributed by atoms with Crippen LogP contribution in [0.2, 0.25) is 0 Å². The highest BCUT2D eigenvalue weighted by molar-refractivity contribution is 7.87. The van der Waals surface area contributed by atoms with Crippen LogP contribution in [0, 0.1) is 0 Å². The summed E-state index contributed by atoms with van der Waals surface area (Å²) in [5.41, 5.74) is -0.856. The van der Waals surface area contributed by atoms with Gasteiger partial charge in [0.25, 0.3) is 10.2 Å². The van der Waals surface area contributed by atoms with Crippen LogP contribution >= 0.6 is 0 Å². The molecule has 10 heteroatoms. The summed E-state index contributed by atoms with van der Waals surface area (Å²) in [7, 11) is -3.97. The van der Waals surface area contributed by atoms with Crippen LogP contribution in [0.5, 0.6) is 0 Å². The molecule has 0 saturated carbocycles. The summed E-state index contributed by atoms with van der Waals surface area (Å²) in [6.07, 6.45) is -4.65. The fraction of sp³-hybridized carbons (Fsp3) is 0.417. The van der Waals surface area contributed by atoms with Crippen molar-refractivity contribution in [2.45, 2.75) is 25.2 Å². The zero-order valence-corrected chi connectivity index (χ0v) is 12.1. The Balaban J connectivity index is 2.14. The Morgan fingerprint density at radius 3 is 2.55 bits per heavy atom. The van der Waals surface area contributed by atoms with Crippen molar-refractivity contribution < 1.29 is 26.4 Å². The fourth-order valence-corrected chi connectivity index (χ4v) is 3.00. The number of nitrogens with zero attached hydrogens (tertiary/aromatic N) is 1. The maximum absolute atomic E-state index is 12.9. The van der Waals surface area contributed by atoms with Crippen molar-refractivity contribution in [1.82, 2.24) is 9.62 Å². The molecular weight excluding hydrogens is 323 g/mol. The van der Waals surface area contributed by atoms with Gasteiger partial charge in [-0.05, 0) is 11.6 Å². The van der Waals surface area contributed by atoms with Crippen LogP contribution in [0.15, 0.2) is 24.3 Å². The Morgan fingerprint density at radius 2 is 1.95 bits per heavy atom. The van der Waals surface area contributed by atoms with Gasteiger partial charge in [-0.15, -0.1) is 0 Å².